The van der Waals surface area contributed by atoms with E-state index in [1.165, 1.54) is 71.7 Å². The first-order valence-corrected chi connectivity index (χ1v) is 34.2. The molecule has 8 N–H and O–H groups in total. The van der Waals surface area contributed by atoms with Crippen LogP contribution in [-0.4, -0.2) is 222 Å². The van der Waals surface area contributed by atoms with Gasteiger partial charge in [0.2, 0.25) is 28.6 Å². The number of nitrogen functional groups attached to an aromatic ring is 1. The molecule has 0 saturated carbocycles. The molecule has 570 valence electrons. The van der Waals surface area contributed by atoms with Crippen LogP contribution in [0.5, 0.6) is 17.6 Å². The number of hydrogen-bond donors (Lipinski definition) is 4. The number of fused-ring (bicyclic) bond motifs is 1. The number of aromatic nitrogens is 4. The molecule has 35 nitrogen and oxygen atoms in total. The molecule has 0 aliphatic carbocycles. The van der Waals surface area contributed by atoms with Gasteiger partial charge in [-0.3, -0.25) is 14.9 Å². The third kappa shape index (κ3) is 24.8. The van der Waals surface area contributed by atoms with Crippen LogP contribution in [0.2, 0.25) is 0 Å². The number of nitrogens with one attached hydrogen (secondary N) is 1. The van der Waals surface area contributed by atoms with Crippen molar-refractivity contribution in [2.24, 2.45) is 0 Å². The molecule has 5 aliphatic heterocycles. The predicted octanol–water partition coefficient (Wildman–Crippen LogP) is 7.98. The van der Waals surface area contributed by atoms with Crippen molar-refractivity contribution in [1.29, 1.82) is 0 Å². The number of esters is 3. The molecule has 4 aromatic rings. The summed E-state index contributed by atoms with van der Waals surface area (Å²) in [6, 6.07) is 5.94. The molecule has 4 atom stereocenters. The van der Waals surface area contributed by atoms with Gasteiger partial charge in [0.05, 0.1) is 58.1 Å². The lowest BCUT2D eigenvalue weighted by Crippen LogP contribution is -2.70. The van der Waals surface area contributed by atoms with Gasteiger partial charge in [-0.25, -0.2) is 53.5 Å². The number of nitro groups is 1. The van der Waals surface area contributed by atoms with E-state index in [4.69, 9.17) is 48.4 Å². The van der Waals surface area contributed by atoms with E-state index in [1.54, 1.807) is 101 Å². The molecule has 5 amide bonds. The fourth-order valence-corrected chi connectivity index (χ4v) is 11.1. The molecule has 0 radical (unpaired) electrons. The normalized spacial score (nSPS) is 20.3. The van der Waals surface area contributed by atoms with Crippen LogP contribution in [0.1, 0.15) is 109 Å². The first kappa shape index (κ1) is 87.3. The lowest BCUT2D eigenvalue weighted by molar-refractivity contribution is -0.499. The Balaban J connectivity index is 0.000000280. The van der Waals surface area contributed by atoms with Crippen molar-refractivity contribution in [3.8, 4) is 17.6 Å². The minimum absolute atomic E-state index is 0. The fraction of sp³-hybridized carbons (Fsp3) is 0.556. The van der Waals surface area contributed by atoms with E-state index in [9.17, 15) is 63.2 Å². The monoisotopic (exact) mass is 1710 g/mol. The number of quaternary nitrogens is 1. The number of amides is 5. The highest BCUT2D eigenvalue weighted by Crippen LogP contribution is 2.40. The third-order valence-electron chi connectivity index (χ3n) is 14.4. The number of likely N-dealkylation sites (tertiary alicyclic amines) is 4. The van der Waals surface area contributed by atoms with Gasteiger partial charge in [0.15, 0.2) is 11.3 Å². The predicted molar refractivity (Wildman–Crippen MR) is 377 cm³/mol. The number of halogens is 5. The Hall–Kier alpha value is -8.15. The fourth-order valence-electron chi connectivity index (χ4n) is 9.76. The highest BCUT2D eigenvalue weighted by molar-refractivity contribution is 9.11. The maximum atomic E-state index is 12.5. The number of nitrogens with two attached hydrogens (primary N) is 2. The van der Waals surface area contributed by atoms with Gasteiger partial charge >= 0.3 is 48.0 Å². The zero-order valence-electron chi connectivity index (χ0n) is 59.2. The summed E-state index contributed by atoms with van der Waals surface area (Å²) in [4.78, 5) is 129. The molecule has 5 aliphatic rings. The van der Waals surface area contributed by atoms with Gasteiger partial charge in [-0.2, -0.15) is 4.39 Å². The Bertz CT molecular complexity index is 3750. The van der Waals surface area contributed by atoms with Crippen LogP contribution in [0, 0.1) is 21.3 Å². The first-order chi connectivity index (χ1) is 47.1. The molecule has 103 heavy (non-hydrogen) atoms. The number of hydrogen-bond acceptors (Lipinski definition) is 27. The van der Waals surface area contributed by atoms with Gasteiger partial charge < -0.3 is 99.3 Å². The van der Waals surface area contributed by atoms with E-state index in [1.807, 2.05) is 0 Å². The van der Waals surface area contributed by atoms with E-state index in [-0.39, 0.29) is 93.0 Å². The zero-order valence-corrected chi connectivity index (χ0v) is 65.5. The number of β-amino-alcohol motifs (C(OH)–C–C–N with tert-alkyl or cyclic N) is 1. The van der Waals surface area contributed by atoms with Crippen molar-refractivity contribution < 1.29 is 111 Å². The maximum absolute atomic E-state index is 12.5. The Morgan fingerprint density at radius 2 is 0.981 bits per heavy atom. The summed E-state index contributed by atoms with van der Waals surface area (Å²) >= 11 is 12.7. The third-order valence-corrected chi connectivity index (χ3v) is 16.1. The van der Waals surface area contributed by atoms with Crippen LogP contribution >= 0.6 is 63.7 Å². The maximum Gasteiger partial charge on any atom is 0.410 e. The van der Waals surface area contributed by atoms with E-state index in [0.717, 1.165) is 4.47 Å². The van der Waals surface area contributed by atoms with Crippen molar-refractivity contribution in [3.63, 3.8) is 0 Å². The summed E-state index contributed by atoms with van der Waals surface area (Å²) < 4.78 is 67.5. The molecular weight excluding hydrogens is 1630 g/mol. The number of carbonyl (C=O) groups is 8. The van der Waals surface area contributed by atoms with Crippen molar-refractivity contribution in [2.45, 2.75) is 154 Å². The zero-order chi connectivity index (χ0) is 76.9. The van der Waals surface area contributed by atoms with Gasteiger partial charge in [0, 0.05) is 107 Å². The minimum atomic E-state index is -1.61. The van der Waals surface area contributed by atoms with Crippen molar-refractivity contribution >= 4 is 135 Å². The summed E-state index contributed by atoms with van der Waals surface area (Å²) in [5.74, 6) is -2.94. The number of nitrogens with zero attached hydrogens (tertiary/aromatic N) is 9. The van der Waals surface area contributed by atoms with Crippen LogP contribution in [0.25, 0.3) is 0 Å². The van der Waals surface area contributed by atoms with Crippen LogP contribution in [0.4, 0.5) is 46.3 Å². The van der Waals surface area contributed by atoms with E-state index < -0.39 is 104 Å². The molecule has 9 heterocycles. The number of rotatable bonds is 9. The molecule has 4 fully saturated rings. The van der Waals surface area contributed by atoms with Gasteiger partial charge in [0.25, 0.3) is 17.7 Å². The van der Waals surface area contributed by atoms with Crippen molar-refractivity contribution in [3.05, 3.63) is 88.2 Å². The average molecular weight is 1720 g/mol. The SMILES string of the molecule is CC(C)(C)OC(=O)N1CCC2(C1)Oc1ncc(Br)cc1NC2=O.COC(=O)C1(O)CCN(C(=O)OC(C)(C)C)C1.COC(=O)C1(Oc2ncc(Br)cc2N)CCN(C(=O)OC(C)(C)C)C1.COC(=O)C1(Oc2ncc(Br)cc2[N+](=O)[O-])CCN(C(=O)OC(C)(C)C)C1.O.[O-][NH2+]c1cc(Br)cnc1F. The second-order valence-electron chi connectivity index (χ2n) is 27.3. The molecular formula is C63H85Br4FN12O23. The summed E-state index contributed by atoms with van der Waals surface area (Å²) in [7, 11) is 3.64. The molecule has 9 rings (SSSR count). The summed E-state index contributed by atoms with van der Waals surface area (Å²) in [5.41, 5.74) is -1.54. The number of anilines is 2. The highest BCUT2D eigenvalue weighted by Gasteiger charge is 2.55. The summed E-state index contributed by atoms with van der Waals surface area (Å²) in [5, 5.41) is 34.1. The molecule has 4 saturated heterocycles. The van der Waals surface area contributed by atoms with Gasteiger partial charge in [0.1, 0.15) is 28.1 Å². The van der Waals surface area contributed by atoms with Crippen molar-refractivity contribution in [1.82, 2.24) is 39.5 Å². The summed E-state index contributed by atoms with van der Waals surface area (Å²) in [6.07, 6.45) is 4.50. The Morgan fingerprint density at radius 3 is 1.42 bits per heavy atom. The molecule has 0 bridgehead atoms. The highest BCUT2D eigenvalue weighted by atomic mass is 79.9. The second kappa shape index (κ2) is 35.6. The van der Waals surface area contributed by atoms with Crippen LogP contribution in [-0.2, 0) is 52.3 Å². The Morgan fingerprint density at radius 1 is 0.592 bits per heavy atom. The largest absolute Gasteiger partial charge is 0.630 e. The minimum Gasteiger partial charge on any atom is -0.630 e. The first-order valence-electron chi connectivity index (χ1n) is 31.0. The standard InChI is InChI=1S/C16H20BrN3O7.C16H22BrN3O5.C15H18BrN3O4.C11H19NO5.C5H4BrFN2O.H2O/c1-15(2,3)27-14(22)19-6-5-16(9-19,13(21)25-4)26-12-11(20(23)24)7-10(17)8-18-12;1-15(2,3)25-14(22)20-6-5-16(9-20,13(21)23-4)24-12-11(18)7-10(17)8-19-12;1-14(2,3)23-13(21)19-5-4-15(8-19)12(20)18-10-6-9(16)7-17-11(10)22-15;1-10(2,3)17-9(14)12-6-5-11(15,7-12)8(13)16-4;6-3-1-4(9-10)5(7)8-2-3;/h7-8H,5-6,9H2,1-4H3;7-8H,5-6,9,18H2,1-4H3;6-7H,4-5,8H2,1-3H3,(H,18,20);15H,5-7H2,1-4H3;1-2H,9H2;1H2. The Kier molecular flexibility index (Phi) is 30.1. The molecule has 1 spiro atoms. The van der Waals surface area contributed by atoms with E-state index >= 15 is 0 Å². The molecule has 0 aromatic carbocycles. The summed E-state index contributed by atoms with van der Waals surface area (Å²) in [6.45, 7) is 22.2. The topological polar surface area (TPSA) is 466 Å². The molecule has 40 heteroatoms. The second-order valence-corrected chi connectivity index (χ2v) is 31.0. The number of carbonyl (C=O) groups excluding carboxylic acids is 8. The number of pyridine rings is 4. The smallest absolute Gasteiger partial charge is 0.410 e. The number of aliphatic hydroxyl groups is 1. The number of methoxy groups -OCH3 is 3. The van der Waals surface area contributed by atoms with E-state index in [2.05, 4.69) is 93.7 Å². The van der Waals surface area contributed by atoms with Gasteiger partial charge in [-0.15, -0.1) is 0 Å². The van der Waals surface area contributed by atoms with Crippen LogP contribution in [0.3, 0.4) is 0 Å². The van der Waals surface area contributed by atoms with Gasteiger partial charge in [-0.05, 0) is 159 Å². The lowest BCUT2D eigenvalue weighted by atomic mass is 10.0. The average Bonchev–Trinajstić information content (AvgIpc) is 1.70. The van der Waals surface area contributed by atoms with Crippen molar-refractivity contribution in [2.75, 3.05) is 84.7 Å². The van der Waals surface area contributed by atoms with E-state index in [0.29, 0.717) is 50.0 Å². The Labute approximate surface area is 625 Å². The number of ether oxygens (including phenoxy) is 10. The van der Waals surface area contributed by atoms with Crippen LogP contribution < -0.4 is 30.7 Å². The molecule has 4 aromatic heterocycles. The van der Waals surface area contributed by atoms with Crippen LogP contribution in [0.15, 0.2) is 66.9 Å². The quantitative estimate of drug-likeness (QED) is 0.0405. The van der Waals surface area contributed by atoms with Gasteiger partial charge in [-0.1, -0.05) is 0 Å². The molecule has 4 unspecified atom stereocenters. The lowest BCUT2D eigenvalue weighted by Gasteiger charge is -2.33.